The van der Waals surface area contributed by atoms with Crippen LogP contribution in [0.3, 0.4) is 0 Å². The van der Waals surface area contributed by atoms with Crippen LogP contribution in [-0.2, 0) is 6.42 Å². The zero-order valence-corrected chi connectivity index (χ0v) is 10.9. The lowest BCUT2D eigenvalue weighted by Gasteiger charge is -2.07. The summed E-state index contributed by atoms with van der Waals surface area (Å²) in [7, 11) is 1.59. The number of ether oxygens (including phenoxy) is 1. The van der Waals surface area contributed by atoms with Crippen LogP contribution < -0.4 is 4.74 Å². The molecule has 2 rings (SSSR count). The van der Waals surface area contributed by atoms with Gasteiger partial charge in [-0.2, -0.15) is 0 Å². The Labute approximate surface area is 108 Å². The van der Waals surface area contributed by atoms with Crippen molar-refractivity contribution in [2.45, 2.75) is 6.42 Å². The minimum Gasteiger partial charge on any atom is -0.496 e. The molecule has 4 heteroatoms. The van der Waals surface area contributed by atoms with Gasteiger partial charge in [-0.25, -0.2) is 0 Å². The Hall–Kier alpha value is -1.55. The zero-order chi connectivity index (χ0) is 12.3. The van der Waals surface area contributed by atoms with Gasteiger partial charge in [0.05, 0.1) is 13.4 Å². The van der Waals surface area contributed by atoms with Gasteiger partial charge >= 0.3 is 0 Å². The van der Waals surface area contributed by atoms with Crippen molar-refractivity contribution in [3.05, 3.63) is 52.4 Å². The van der Waals surface area contributed by atoms with E-state index in [1.165, 1.54) is 6.26 Å². The molecule has 88 valence electrons. The highest BCUT2D eigenvalue weighted by molar-refractivity contribution is 9.10. The van der Waals surface area contributed by atoms with Crippen molar-refractivity contribution in [3.63, 3.8) is 0 Å². The maximum atomic E-state index is 11.9. The molecule has 0 atom stereocenters. The molecule has 17 heavy (non-hydrogen) atoms. The molecule has 0 saturated heterocycles. The van der Waals surface area contributed by atoms with E-state index >= 15 is 0 Å². The Bertz CT molecular complexity index is 517. The number of ketones is 1. The van der Waals surface area contributed by atoms with Crippen molar-refractivity contribution in [2.75, 3.05) is 7.11 Å². The lowest BCUT2D eigenvalue weighted by molar-refractivity contribution is 0.0965. The Morgan fingerprint density at radius 1 is 1.41 bits per heavy atom. The van der Waals surface area contributed by atoms with Gasteiger partial charge in [0.1, 0.15) is 5.75 Å². The van der Waals surface area contributed by atoms with Gasteiger partial charge < -0.3 is 9.15 Å². The maximum absolute atomic E-state index is 11.9. The van der Waals surface area contributed by atoms with Gasteiger partial charge in [-0.05, 0) is 30.3 Å². The van der Waals surface area contributed by atoms with E-state index in [9.17, 15) is 4.79 Å². The molecule has 0 amide bonds. The fourth-order valence-corrected chi connectivity index (χ4v) is 1.99. The molecule has 2 aromatic rings. The Kier molecular flexibility index (Phi) is 3.64. The normalized spacial score (nSPS) is 10.2. The summed E-state index contributed by atoms with van der Waals surface area (Å²) in [6.07, 6.45) is 1.75. The van der Waals surface area contributed by atoms with Gasteiger partial charge in [-0.3, -0.25) is 4.79 Å². The SMILES string of the molecule is COc1ccc(Br)cc1CC(=O)c1ccco1. The summed E-state index contributed by atoms with van der Waals surface area (Å²) in [5.74, 6) is 1.01. The third-order valence-electron chi connectivity index (χ3n) is 2.39. The minimum absolute atomic E-state index is 0.0635. The fraction of sp³-hybridized carbons (Fsp3) is 0.154. The molecule has 0 saturated carbocycles. The van der Waals surface area contributed by atoms with Gasteiger partial charge in [0.2, 0.25) is 5.78 Å². The molecule has 0 spiro atoms. The van der Waals surface area contributed by atoms with Crippen LogP contribution in [0.1, 0.15) is 16.1 Å². The summed E-state index contributed by atoms with van der Waals surface area (Å²) in [5.41, 5.74) is 0.836. The highest BCUT2D eigenvalue weighted by Crippen LogP contribution is 2.24. The average molecular weight is 295 g/mol. The first-order valence-corrected chi connectivity index (χ1v) is 5.89. The number of furan rings is 1. The molecule has 3 nitrogen and oxygen atoms in total. The quantitative estimate of drug-likeness (QED) is 0.811. The highest BCUT2D eigenvalue weighted by atomic mass is 79.9. The summed E-state index contributed by atoms with van der Waals surface area (Å²) in [5, 5.41) is 0. The van der Waals surface area contributed by atoms with E-state index in [0.29, 0.717) is 11.5 Å². The van der Waals surface area contributed by atoms with Crippen molar-refractivity contribution in [1.29, 1.82) is 0 Å². The number of rotatable bonds is 4. The number of carbonyl (C=O) groups is 1. The first kappa shape index (κ1) is 11.9. The number of benzene rings is 1. The third kappa shape index (κ3) is 2.77. The average Bonchev–Trinajstić information content (AvgIpc) is 2.83. The molecule has 0 radical (unpaired) electrons. The molecule has 0 unspecified atom stereocenters. The van der Waals surface area contributed by atoms with Crippen LogP contribution in [0.5, 0.6) is 5.75 Å². The number of carbonyl (C=O) groups excluding carboxylic acids is 1. The topological polar surface area (TPSA) is 39.4 Å². The molecule has 0 N–H and O–H groups in total. The summed E-state index contributed by atoms with van der Waals surface area (Å²) < 4.78 is 11.2. The van der Waals surface area contributed by atoms with Crippen molar-refractivity contribution >= 4 is 21.7 Å². The van der Waals surface area contributed by atoms with E-state index in [1.54, 1.807) is 19.2 Å². The largest absolute Gasteiger partial charge is 0.496 e. The van der Waals surface area contributed by atoms with E-state index in [-0.39, 0.29) is 12.2 Å². The Morgan fingerprint density at radius 3 is 2.88 bits per heavy atom. The molecule has 1 aromatic carbocycles. The van der Waals surface area contributed by atoms with Crippen LogP contribution in [0.25, 0.3) is 0 Å². The molecule has 0 aliphatic carbocycles. The molecule has 0 aliphatic rings. The van der Waals surface area contributed by atoms with Crippen LogP contribution in [0.2, 0.25) is 0 Å². The molecule has 0 fully saturated rings. The predicted molar refractivity (Wildman–Crippen MR) is 67.4 cm³/mol. The Balaban J connectivity index is 2.23. The number of hydrogen-bond acceptors (Lipinski definition) is 3. The molecule has 1 aromatic heterocycles. The van der Waals surface area contributed by atoms with E-state index in [2.05, 4.69) is 15.9 Å². The number of methoxy groups -OCH3 is 1. The summed E-state index contributed by atoms with van der Waals surface area (Å²) >= 11 is 3.37. The fourth-order valence-electron chi connectivity index (χ4n) is 1.58. The molecule has 1 heterocycles. The van der Waals surface area contributed by atoms with Gasteiger partial charge in [-0.15, -0.1) is 0 Å². The number of hydrogen-bond donors (Lipinski definition) is 0. The van der Waals surface area contributed by atoms with E-state index in [1.807, 2.05) is 18.2 Å². The van der Waals surface area contributed by atoms with Crippen molar-refractivity contribution in [3.8, 4) is 5.75 Å². The molecule has 0 aliphatic heterocycles. The molecule has 0 bridgehead atoms. The second-order valence-electron chi connectivity index (χ2n) is 3.53. The third-order valence-corrected chi connectivity index (χ3v) is 2.88. The van der Waals surface area contributed by atoms with Gasteiger partial charge in [0.15, 0.2) is 5.76 Å². The second kappa shape index (κ2) is 5.19. The van der Waals surface area contributed by atoms with E-state index in [4.69, 9.17) is 9.15 Å². The monoisotopic (exact) mass is 294 g/mol. The lowest BCUT2D eigenvalue weighted by atomic mass is 10.1. The first-order chi connectivity index (χ1) is 8.20. The molecular formula is C13H11BrO3. The van der Waals surface area contributed by atoms with Crippen LogP contribution in [0, 0.1) is 0 Å². The smallest absolute Gasteiger partial charge is 0.202 e. The van der Waals surface area contributed by atoms with Gasteiger partial charge in [-0.1, -0.05) is 15.9 Å². The van der Waals surface area contributed by atoms with Crippen LogP contribution in [0.4, 0.5) is 0 Å². The number of halogens is 1. The van der Waals surface area contributed by atoms with Crippen molar-refractivity contribution in [2.24, 2.45) is 0 Å². The summed E-state index contributed by atoms with van der Waals surface area (Å²) in [4.78, 5) is 11.9. The second-order valence-corrected chi connectivity index (χ2v) is 4.45. The van der Waals surface area contributed by atoms with Gasteiger partial charge in [0.25, 0.3) is 0 Å². The van der Waals surface area contributed by atoms with Crippen LogP contribution in [0.15, 0.2) is 45.5 Å². The summed E-state index contributed by atoms with van der Waals surface area (Å²) in [6.45, 7) is 0. The Morgan fingerprint density at radius 2 is 2.24 bits per heavy atom. The number of Topliss-reactive ketones (excluding diaryl/α,β-unsaturated/α-hetero) is 1. The lowest BCUT2D eigenvalue weighted by Crippen LogP contribution is -2.03. The standard InChI is InChI=1S/C13H11BrO3/c1-16-12-5-4-10(14)7-9(12)8-11(15)13-3-2-6-17-13/h2-7H,8H2,1H3. The van der Waals surface area contributed by atoms with E-state index in [0.717, 1.165) is 10.0 Å². The summed E-state index contributed by atoms with van der Waals surface area (Å²) in [6, 6.07) is 8.94. The zero-order valence-electron chi connectivity index (χ0n) is 9.27. The molecular weight excluding hydrogens is 284 g/mol. The highest BCUT2D eigenvalue weighted by Gasteiger charge is 2.13. The van der Waals surface area contributed by atoms with Crippen LogP contribution >= 0.6 is 15.9 Å². The predicted octanol–water partition coefficient (Wildman–Crippen LogP) is 3.48. The first-order valence-electron chi connectivity index (χ1n) is 5.10. The van der Waals surface area contributed by atoms with E-state index < -0.39 is 0 Å². The van der Waals surface area contributed by atoms with Crippen LogP contribution in [-0.4, -0.2) is 12.9 Å². The van der Waals surface area contributed by atoms with Gasteiger partial charge in [0, 0.05) is 16.5 Å². The van der Waals surface area contributed by atoms with Crippen molar-refractivity contribution < 1.29 is 13.9 Å². The maximum Gasteiger partial charge on any atom is 0.202 e. The van der Waals surface area contributed by atoms with Crippen molar-refractivity contribution in [1.82, 2.24) is 0 Å². The minimum atomic E-state index is -0.0635.